The van der Waals surface area contributed by atoms with Crippen molar-refractivity contribution in [2.24, 2.45) is 17.3 Å². The molecule has 1 saturated heterocycles. The van der Waals surface area contributed by atoms with Crippen molar-refractivity contribution in [1.82, 2.24) is 9.62 Å². The summed E-state index contributed by atoms with van der Waals surface area (Å²) in [4.78, 5) is 25.0. The van der Waals surface area contributed by atoms with Gasteiger partial charge in [0.15, 0.2) is 0 Å². The van der Waals surface area contributed by atoms with E-state index < -0.39 is 16.0 Å². The van der Waals surface area contributed by atoms with Crippen molar-refractivity contribution in [3.05, 3.63) is 29.8 Å². The largest absolute Gasteiger partial charge is 0.465 e. The van der Waals surface area contributed by atoms with E-state index in [1.165, 1.54) is 30.0 Å². The van der Waals surface area contributed by atoms with E-state index in [1.54, 1.807) is 12.1 Å². The maximum absolute atomic E-state index is 13.2. The number of carbonyl (C=O) groups excluding carboxylic acids is 2. The zero-order chi connectivity index (χ0) is 23.5. The van der Waals surface area contributed by atoms with Gasteiger partial charge in [0, 0.05) is 25.0 Å². The van der Waals surface area contributed by atoms with Gasteiger partial charge in [0.05, 0.1) is 17.6 Å². The Bertz CT molecular complexity index is 930. The molecular weight excluding hydrogens is 428 g/mol. The van der Waals surface area contributed by atoms with Crippen LogP contribution >= 0.6 is 0 Å². The van der Waals surface area contributed by atoms with Crippen LogP contribution in [-0.4, -0.2) is 50.8 Å². The lowest BCUT2D eigenvalue weighted by atomic mass is 9.69. The molecule has 2 unspecified atom stereocenters. The normalized spacial score (nSPS) is 23.5. The van der Waals surface area contributed by atoms with Crippen molar-refractivity contribution in [3.63, 3.8) is 0 Å². The van der Waals surface area contributed by atoms with Crippen LogP contribution in [0.2, 0.25) is 0 Å². The highest BCUT2D eigenvalue weighted by atomic mass is 32.2. The van der Waals surface area contributed by atoms with Gasteiger partial charge in [0.1, 0.15) is 0 Å². The SMILES string of the molecule is COC(=O)c1ccccc1S(=O)(=O)N1CCC(C(=O)NC2CCCCC2C(C)(C)C)CC1. The third-order valence-corrected chi connectivity index (χ3v) is 8.90. The summed E-state index contributed by atoms with van der Waals surface area (Å²) in [5.41, 5.74) is 0.170. The van der Waals surface area contributed by atoms with Gasteiger partial charge in [-0.1, -0.05) is 45.7 Å². The minimum absolute atomic E-state index is 0.0281. The summed E-state index contributed by atoms with van der Waals surface area (Å²) < 4.78 is 32.5. The summed E-state index contributed by atoms with van der Waals surface area (Å²) >= 11 is 0. The van der Waals surface area contributed by atoms with Crippen molar-refractivity contribution in [2.75, 3.05) is 20.2 Å². The molecule has 1 heterocycles. The number of esters is 1. The number of amides is 1. The molecular formula is C24H36N2O5S. The fourth-order valence-electron chi connectivity index (χ4n) is 5.11. The number of methoxy groups -OCH3 is 1. The fraction of sp³-hybridized carbons (Fsp3) is 0.667. The van der Waals surface area contributed by atoms with Crippen molar-refractivity contribution < 1.29 is 22.7 Å². The molecule has 7 nitrogen and oxygen atoms in total. The lowest BCUT2D eigenvalue weighted by Gasteiger charge is -2.41. The zero-order valence-electron chi connectivity index (χ0n) is 19.6. The number of nitrogens with zero attached hydrogens (tertiary/aromatic N) is 1. The van der Waals surface area contributed by atoms with Crippen LogP contribution in [0, 0.1) is 17.3 Å². The van der Waals surface area contributed by atoms with Crippen LogP contribution < -0.4 is 5.32 Å². The Kier molecular flexibility index (Phi) is 7.65. The van der Waals surface area contributed by atoms with Crippen molar-refractivity contribution in [2.45, 2.75) is 70.2 Å². The Hall–Kier alpha value is -1.93. The van der Waals surface area contributed by atoms with Crippen LogP contribution in [0.3, 0.4) is 0 Å². The maximum atomic E-state index is 13.2. The third-order valence-electron chi connectivity index (χ3n) is 6.94. The van der Waals surface area contributed by atoms with Crippen molar-refractivity contribution in [3.8, 4) is 0 Å². The molecule has 178 valence electrons. The number of rotatable bonds is 5. The molecule has 1 aliphatic heterocycles. The predicted molar refractivity (Wildman–Crippen MR) is 123 cm³/mol. The second kappa shape index (κ2) is 9.91. The van der Waals surface area contributed by atoms with Gasteiger partial charge in [-0.3, -0.25) is 4.79 Å². The molecule has 1 aromatic carbocycles. The third kappa shape index (κ3) is 5.34. The van der Waals surface area contributed by atoms with E-state index in [0.717, 1.165) is 19.3 Å². The van der Waals surface area contributed by atoms with Crippen LogP contribution in [0.15, 0.2) is 29.2 Å². The van der Waals surface area contributed by atoms with Crippen molar-refractivity contribution in [1.29, 1.82) is 0 Å². The van der Waals surface area contributed by atoms with Gasteiger partial charge < -0.3 is 10.1 Å². The van der Waals surface area contributed by atoms with Crippen LogP contribution in [0.5, 0.6) is 0 Å². The molecule has 0 bridgehead atoms. The average molecular weight is 465 g/mol. The summed E-state index contributed by atoms with van der Waals surface area (Å²) in [7, 11) is -2.62. The second-order valence-corrected chi connectivity index (χ2v) is 11.9. The van der Waals surface area contributed by atoms with E-state index >= 15 is 0 Å². The Morgan fingerprint density at radius 3 is 2.28 bits per heavy atom. The molecule has 8 heteroatoms. The van der Waals surface area contributed by atoms with Gasteiger partial charge in [-0.25, -0.2) is 13.2 Å². The van der Waals surface area contributed by atoms with Gasteiger partial charge in [-0.2, -0.15) is 4.31 Å². The first-order valence-corrected chi connectivity index (χ1v) is 13.0. The van der Waals surface area contributed by atoms with Crippen LogP contribution in [0.4, 0.5) is 0 Å². The Labute approximate surface area is 191 Å². The lowest BCUT2D eigenvalue weighted by molar-refractivity contribution is -0.127. The number of hydrogen-bond acceptors (Lipinski definition) is 5. The van der Waals surface area contributed by atoms with Crippen molar-refractivity contribution >= 4 is 21.9 Å². The topological polar surface area (TPSA) is 92.8 Å². The maximum Gasteiger partial charge on any atom is 0.339 e. The minimum Gasteiger partial charge on any atom is -0.465 e. The molecule has 32 heavy (non-hydrogen) atoms. The van der Waals surface area contributed by atoms with Crippen LogP contribution in [-0.2, 0) is 19.6 Å². The first-order chi connectivity index (χ1) is 15.1. The monoisotopic (exact) mass is 464 g/mol. The summed E-state index contributed by atoms with van der Waals surface area (Å²) in [6.45, 7) is 7.21. The average Bonchev–Trinajstić information content (AvgIpc) is 2.78. The highest BCUT2D eigenvalue weighted by Gasteiger charge is 2.38. The molecule has 3 rings (SSSR count). The van der Waals surface area contributed by atoms with Gasteiger partial charge in [-0.05, 0) is 49.1 Å². The van der Waals surface area contributed by atoms with E-state index in [0.29, 0.717) is 18.8 Å². The van der Waals surface area contributed by atoms with Gasteiger partial charge in [0.2, 0.25) is 15.9 Å². The van der Waals surface area contributed by atoms with E-state index in [2.05, 4.69) is 26.1 Å². The molecule has 0 radical (unpaired) electrons. The molecule has 0 aromatic heterocycles. The van der Waals surface area contributed by atoms with Gasteiger partial charge in [0.25, 0.3) is 0 Å². The molecule has 1 amide bonds. The zero-order valence-corrected chi connectivity index (χ0v) is 20.4. The van der Waals surface area contributed by atoms with E-state index in [1.807, 2.05) is 0 Å². The standard InChI is InChI=1S/C24H36N2O5S/c1-24(2,3)19-10-6-7-11-20(19)25-22(27)17-13-15-26(16-14-17)32(29,30)21-12-8-5-9-18(21)23(28)31-4/h5,8-9,12,17,19-20H,6-7,10-11,13-16H2,1-4H3,(H,25,27). The van der Waals surface area contributed by atoms with E-state index in [-0.39, 0.29) is 46.8 Å². The molecule has 2 fully saturated rings. The summed E-state index contributed by atoms with van der Waals surface area (Å²) in [5.74, 6) is -0.382. The first-order valence-electron chi connectivity index (χ1n) is 11.5. The predicted octanol–water partition coefficient (Wildman–Crippen LogP) is 3.60. The second-order valence-electron chi connectivity index (χ2n) is 10.0. The van der Waals surface area contributed by atoms with Gasteiger partial charge >= 0.3 is 5.97 Å². The molecule has 1 aromatic rings. The summed E-state index contributed by atoms with van der Waals surface area (Å²) in [6, 6.07) is 6.27. The van der Waals surface area contributed by atoms with Crippen LogP contribution in [0.25, 0.3) is 0 Å². The highest BCUT2D eigenvalue weighted by molar-refractivity contribution is 7.89. The molecule has 0 spiro atoms. The van der Waals surface area contributed by atoms with Gasteiger partial charge in [-0.15, -0.1) is 0 Å². The molecule has 1 aliphatic carbocycles. The number of carbonyl (C=O) groups is 2. The fourth-order valence-corrected chi connectivity index (χ4v) is 6.76. The Balaban J connectivity index is 1.65. The number of sulfonamides is 1. The summed E-state index contributed by atoms with van der Waals surface area (Å²) in [5, 5.41) is 3.29. The quantitative estimate of drug-likeness (QED) is 0.672. The number of ether oxygens (including phenoxy) is 1. The molecule has 2 atom stereocenters. The Morgan fingerprint density at radius 2 is 1.66 bits per heavy atom. The van der Waals surface area contributed by atoms with Crippen LogP contribution in [0.1, 0.15) is 69.7 Å². The number of hydrogen-bond donors (Lipinski definition) is 1. The van der Waals surface area contributed by atoms with E-state index in [9.17, 15) is 18.0 Å². The lowest BCUT2D eigenvalue weighted by Crippen LogP contribution is -2.50. The molecule has 2 aliphatic rings. The highest BCUT2D eigenvalue weighted by Crippen LogP contribution is 2.38. The minimum atomic E-state index is -3.85. The molecule has 1 N–H and O–H groups in total. The number of piperidine rings is 1. The summed E-state index contributed by atoms with van der Waals surface area (Å²) in [6.07, 6.45) is 5.41. The van der Waals surface area contributed by atoms with E-state index in [4.69, 9.17) is 4.74 Å². The Morgan fingerprint density at radius 1 is 1.03 bits per heavy atom. The number of benzene rings is 1. The first kappa shape index (κ1) is 24.7. The number of nitrogens with one attached hydrogen (secondary N) is 1. The smallest absolute Gasteiger partial charge is 0.339 e. The molecule has 1 saturated carbocycles.